The van der Waals surface area contributed by atoms with Crippen LogP contribution in [0.5, 0.6) is 0 Å². The van der Waals surface area contributed by atoms with Crippen LogP contribution in [0.4, 0.5) is 4.79 Å². The van der Waals surface area contributed by atoms with Crippen molar-refractivity contribution < 1.29 is 42.2 Å². The number of amides is 4. The molecule has 2 aliphatic heterocycles. The number of aliphatic hydroxyl groups excluding tert-OH is 1. The van der Waals surface area contributed by atoms with E-state index in [2.05, 4.69) is 15.4 Å². The van der Waals surface area contributed by atoms with Crippen LogP contribution in [0.15, 0.2) is 12.2 Å². The molecule has 4 amide bonds. The van der Waals surface area contributed by atoms with Crippen molar-refractivity contribution in [1.29, 1.82) is 0 Å². The van der Waals surface area contributed by atoms with Crippen LogP contribution >= 0.6 is 11.8 Å². The highest BCUT2D eigenvalue weighted by Crippen LogP contribution is 2.46. The molecular formula is C27H42N4O9S2. The number of nitrogens with zero attached hydrogens (tertiary/aromatic N) is 1. The van der Waals surface area contributed by atoms with Gasteiger partial charge in [-0.05, 0) is 52.2 Å². The van der Waals surface area contributed by atoms with Crippen LogP contribution in [0.25, 0.3) is 0 Å². The van der Waals surface area contributed by atoms with E-state index in [0.29, 0.717) is 30.8 Å². The van der Waals surface area contributed by atoms with Gasteiger partial charge < -0.3 is 30.1 Å². The first-order chi connectivity index (χ1) is 19.7. The lowest BCUT2D eigenvalue weighted by atomic mass is 10.0. The van der Waals surface area contributed by atoms with E-state index >= 15 is 0 Å². The summed E-state index contributed by atoms with van der Waals surface area (Å²) < 4.78 is 38.1. The van der Waals surface area contributed by atoms with Gasteiger partial charge in [-0.2, -0.15) is 11.8 Å². The quantitative estimate of drug-likeness (QED) is 0.298. The highest BCUT2D eigenvalue weighted by molar-refractivity contribution is 7.99. The third kappa shape index (κ3) is 7.77. The van der Waals surface area contributed by atoms with Crippen LogP contribution in [0, 0.1) is 11.8 Å². The van der Waals surface area contributed by atoms with Gasteiger partial charge >= 0.3 is 6.09 Å². The number of methoxy groups -OCH3 is 1. The summed E-state index contributed by atoms with van der Waals surface area (Å²) in [4.78, 5) is 55.1. The van der Waals surface area contributed by atoms with Gasteiger partial charge in [0, 0.05) is 37.7 Å². The molecule has 236 valence electrons. The fraction of sp³-hybridized carbons (Fsp3) is 0.778. The van der Waals surface area contributed by atoms with E-state index in [4.69, 9.17) is 9.47 Å². The Kier molecular flexibility index (Phi) is 9.85. The normalized spacial score (nSPS) is 33.3. The molecule has 15 heteroatoms. The van der Waals surface area contributed by atoms with Crippen molar-refractivity contribution in [2.45, 2.75) is 87.5 Å². The number of hydrogen-bond donors (Lipinski definition) is 4. The highest BCUT2D eigenvalue weighted by Gasteiger charge is 2.62. The molecule has 0 bridgehead atoms. The van der Waals surface area contributed by atoms with Gasteiger partial charge in [0.2, 0.25) is 21.8 Å². The van der Waals surface area contributed by atoms with Crippen molar-refractivity contribution >= 4 is 45.6 Å². The first-order valence-corrected chi connectivity index (χ1v) is 17.0. The number of carbonyl (C=O) groups excluding carboxylic acids is 4. The first-order valence-electron chi connectivity index (χ1n) is 14.3. The molecule has 4 aliphatic rings. The van der Waals surface area contributed by atoms with Gasteiger partial charge in [0.25, 0.3) is 5.91 Å². The predicted octanol–water partition coefficient (Wildman–Crippen LogP) is 0.281. The SMILES string of the molecule is COC[C@@H]1CSCC/C=C\[C@@H]2C[C@@]2(C(=O)NS(=O)(=O)C2CC2)NC(=O)[C@@H]2C[C@@H](O)CN2C(=O)[C@H]1NC(=O)OC(C)(C)C. The van der Waals surface area contributed by atoms with Gasteiger partial charge in [0.05, 0.1) is 18.0 Å². The highest BCUT2D eigenvalue weighted by atomic mass is 32.2. The number of aliphatic hydroxyl groups is 1. The standard InChI is InChI=1S/C27H42N4O9S2/c1-26(2,3)40-25(36)28-21-16(14-39-4)15-41-10-6-5-7-17-12-27(17,24(35)30-42(37,38)19-8-9-19)29-22(33)20-11-18(32)13-31(20)23(21)34/h5,7,16-21,32H,6,8-15H2,1-4H3,(H,28,36)(H,29,33)(H,30,35)/b7-5-/t16-,17-,18-,20+,21+,27-/m1/s1. The maximum Gasteiger partial charge on any atom is 0.408 e. The molecule has 3 fully saturated rings. The minimum absolute atomic E-state index is 0.0843. The monoisotopic (exact) mass is 630 g/mol. The maximum atomic E-state index is 14.0. The third-order valence-corrected chi connectivity index (χ3v) is 10.8. The van der Waals surface area contributed by atoms with Crippen molar-refractivity contribution in [3.05, 3.63) is 12.2 Å². The van der Waals surface area contributed by atoms with E-state index in [1.165, 1.54) is 12.0 Å². The number of allylic oxidation sites excluding steroid dienone is 1. The number of carbonyl (C=O) groups is 4. The Labute approximate surface area is 250 Å². The van der Waals surface area contributed by atoms with E-state index < -0.39 is 80.3 Å². The molecule has 0 spiro atoms. The molecule has 2 heterocycles. The van der Waals surface area contributed by atoms with E-state index in [-0.39, 0.29) is 26.0 Å². The predicted molar refractivity (Wildman–Crippen MR) is 155 cm³/mol. The molecule has 0 unspecified atom stereocenters. The van der Waals surface area contributed by atoms with Crippen molar-refractivity contribution in [1.82, 2.24) is 20.3 Å². The zero-order valence-corrected chi connectivity index (χ0v) is 26.1. The average Bonchev–Trinajstić information content (AvgIpc) is 3.80. The second kappa shape index (κ2) is 12.7. The molecule has 4 rings (SSSR count). The Bertz CT molecular complexity index is 1200. The van der Waals surface area contributed by atoms with Gasteiger partial charge in [-0.1, -0.05) is 12.2 Å². The molecule has 0 aromatic carbocycles. The summed E-state index contributed by atoms with van der Waals surface area (Å²) >= 11 is 1.56. The number of hydrogen-bond acceptors (Lipinski definition) is 10. The van der Waals surface area contributed by atoms with E-state index in [9.17, 15) is 32.7 Å². The molecule has 6 atom stereocenters. The number of fused-ring (bicyclic) bond motifs is 2. The minimum Gasteiger partial charge on any atom is -0.444 e. The number of alkyl carbamates (subject to hydrolysis) is 1. The Morgan fingerprint density at radius 3 is 2.62 bits per heavy atom. The number of nitrogens with one attached hydrogen (secondary N) is 3. The van der Waals surface area contributed by atoms with Crippen LogP contribution < -0.4 is 15.4 Å². The first kappa shape index (κ1) is 32.6. The maximum absolute atomic E-state index is 14.0. The molecule has 1 saturated heterocycles. The van der Waals surface area contributed by atoms with E-state index in [1.807, 2.05) is 12.2 Å². The van der Waals surface area contributed by atoms with Crippen LogP contribution in [0.1, 0.15) is 52.9 Å². The van der Waals surface area contributed by atoms with Gasteiger partial charge in [0.15, 0.2) is 0 Å². The van der Waals surface area contributed by atoms with Gasteiger partial charge in [-0.15, -0.1) is 0 Å². The summed E-state index contributed by atoms with van der Waals surface area (Å²) in [7, 11) is -2.36. The third-order valence-electron chi connectivity index (χ3n) is 7.75. The largest absolute Gasteiger partial charge is 0.444 e. The number of rotatable bonds is 6. The molecule has 2 saturated carbocycles. The van der Waals surface area contributed by atoms with Gasteiger partial charge in [-0.3, -0.25) is 19.1 Å². The summed E-state index contributed by atoms with van der Waals surface area (Å²) in [6.07, 6.45) is 3.59. The molecule has 4 N–H and O–H groups in total. The zero-order valence-electron chi connectivity index (χ0n) is 24.5. The van der Waals surface area contributed by atoms with Crippen molar-refractivity contribution in [2.75, 3.05) is 31.8 Å². The lowest BCUT2D eigenvalue weighted by Crippen LogP contribution is -2.60. The van der Waals surface area contributed by atoms with E-state index in [1.54, 1.807) is 32.5 Å². The van der Waals surface area contributed by atoms with Crippen LogP contribution in [-0.2, 0) is 33.9 Å². The topological polar surface area (TPSA) is 180 Å². The summed E-state index contributed by atoms with van der Waals surface area (Å²) in [5, 5.41) is 15.3. The average molecular weight is 631 g/mol. The minimum atomic E-state index is -3.86. The van der Waals surface area contributed by atoms with Crippen molar-refractivity contribution in [3.8, 4) is 0 Å². The smallest absolute Gasteiger partial charge is 0.408 e. The van der Waals surface area contributed by atoms with Crippen molar-refractivity contribution in [2.24, 2.45) is 11.8 Å². The Balaban J connectivity index is 1.63. The van der Waals surface area contributed by atoms with Crippen LogP contribution in [-0.4, -0.2) is 109 Å². The Morgan fingerprint density at radius 1 is 1.26 bits per heavy atom. The number of sulfonamides is 1. The fourth-order valence-electron chi connectivity index (χ4n) is 5.37. The summed E-state index contributed by atoms with van der Waals surface area (Å²) in [6, 6.07) is -2.27. The van der Waals surface area contributed by atoms with Crippen LogP contribution in [0.2, 0.25) is 0 Å². The molecule has 0 aromatic heterocycles. The van der Waals surface area contributed by atoms with Crippen molar-refractivity contribution in [3.63, 3.8) is 0 Å². The molecular weight excluding hydrogens is 588 g/mol. The Morgan fingerprint density at radius 2 is 1.98 bits per heavy atom. The van der Waals surface area contributed by atoms with Gasteiger partial charge in [-0.25, -0.2) is 13.2 Å². The zero-order chi connectivity index (χ0) is 30.9. The second-order valence-electron chi connectivity index (χ2n) is 12.5. The second-order valence-corrected chi connectivity index (χ2v) is 15.6. The van der Waals surface area contributed by atoms with E-state index in [0.717, 1.165) is 0 Å². The summed E-state index contributed by atoms with van der Waals surface area (Å²) in [5.74, 6) is -1.86. The summed E-state index contributed by atoms with van der Waals surface area (Å²) in [6.45, 7) is 5.08. The number of thioether (sulfide) groups is 1. The Hall–Kier alpha value is -2.36. The molecule has 2 aliphatic carbocycles. The molecule has 0 radical (unpaired) electrons. The number of ether oxygens (including phenoxy) is 2. The molecule has 42 heavy (non-hydrogen) atoms. The van der Waals surface area contributed by atoms with Gasteiger partial charge in [0.1, 0.15) is 23.2 Å². The molecule has 0 aromatic rings. The lowest BCUT2D eigenvalue weighted by Gasteiger charge is -2.33. The summed E-state index contributed by atoms with van der Waals surface area (Å²) in [5.41, 5.74) is -2.31. The fourth-order valence-corrected chi connectivity index (χ4v) is 7.79. The van der Waals surface area contributed by atoms with Crippen LogP contribution in [0.3, 0.4) is 0 Å². The lowest BCUT2D eigenvalue weighted by molar-refractivity contribution is -0.142. The molecule has 13 nitrogen and oxygen atoms in total.